The number of carboxylic acids is 1. The van der Waals surface area contributed by atoms with Crippen molar-refractivity contribution in [3.8, 4) is 0 Å². The molecule has 24 heavy (non-hydrogen) atoms. The molecule has 0 amide bonds. The van der Waals surface area contributed by atoms with Crippen molar-refractivity contribution in [1.82, 2.24) is 4.90 Å². The van der Waals surface area contributed by atoms with Crippen LogP contribution in [0.2, 0.25) is 0 Å². The quantitative estimate of drug-likeness (QED) is 0.936. The molecule has 0 aromatic heterocycles. The number of rotatable bonds is 4. The lowest BCUT2D eigenvalue weighted by molar-refractivity contribution is 0.0693. The number of aryl methyl sites for hydroxylation is 1. The van der Waals surface area contributed by atoms with Crippen molar-refractivity contribution in [1.29, 1.82) is 0 Å². The molecule has 2 aromatic carbocycles. The van der Waals surface area contributed by atoms with Crippen molar-refractivity contribution >= 4 is 11.7 Å². The Morgan fingerprint density at radius 2 is 1.83 bits per heavy atom. The summed E-state index contributed by atoms with van der Waals surface area (Å²) in [6.45, 7) is 7.91. The molecule has 1 unspecified atom stereocenters. The predicted molar refractivity (Wildman–Crippen MR) is 96.7 cm³/mol. The van der Waals surface area contributed by atoms with Crippen LogP contribution in [0.15, 0.2) is 48.5 Å². The Morgan fingerprint density at radius 1 is 1.12 bits per heavy atom. The van der Waals surface area contributed by atoms with E-state index >= 15 is 0 Å². The highest BCUT2D eigenvalue weighted by Crippen LogP contribution is 2.24. The summed E-state index contributed by atoms with van der Waals surface area (Å²) in [5.41, 5.74) is 3.90. The average molecular weight is 324 g/mol. The summed E-state index contributed by atoms with van der Waals surface area (Å²) < 4.78 is 0. The summed E-state index contributed by atoms with van der Waals surface area (Å²) in [5, 5.41) is 9.36. The Bertz CT molecular complexity index is 729. The second-order valence-electron chi connectivity index (χ2n) is 6.51. The van der Waals surface area contributed by atoms with E-state index in [4.69, 9.17) is 0 Å². The summed E-state index contributed by atoms with van der Waals surface area (Å²) in [6.07, 6.45) is 0. The number of carboxylic acid groups (broad SMARTS) is 1. The molecule has 1 N–H and O–H groups in total. The van der Waals surface area contributed by atoms with E-state index in [2.05, 4.69) is 47.9 Å². The number of hydrogen-bond acceptors (Lipinski definition) is 3. The molecule has 0 bridgehead atoms. The number of piperazine rings is 1. The topological polar surface area (TPSA) is 43.8 Å². The minimum atomic E-state index is -0.850. The number of benzene rings is 2. The molecule has 0 radical (unpaired) electrons. The Labute approximate surface area is 143 Å². The smallest absolute Gasteiger partial charge is 0.336 e. The number of hydrogen-bond donors (Lipinski definition) is 1. The second-order valence-corrected chi connectivity index (χ2v) is 6.51. The molecular formula is C20H24N2O2. The Balaban J connectivity index is 1.71. The molecule has 1 heterocycles. The van der Waals surface area contributed by atoms with Crippen LogP contribution in [-0.4, -0.2) is 41.7 Å². The maximum atomic E-state index is 11.4. The zero-order valence-electron chi connectivity index (χ0n) is 14.3. The van der Waals surface area contributed by atoms with Crippen molar-refractivity contribution in [2.75, 3.05) is 24.5 Å². The maximum Gasteiger partial charge on any atom is 0.336 e. The van der Waals surface area contributed by atoms with Crippen LogP contribution in [0.1, 0.15) is 28.4 Å². The van der Waals surface area contributed by atoms with Gasteiger partial charge in [-0.2, -0.15) is 0 Å². The minimum Gasteiger partial charge on any atom is -0.478 e. The first-order valence-electron chi connectivity index (χ1n) is 8.42. The maximum absolute atomic E-state index is 11.4. The van der Waals surface area contributed by atoms with Crippen LogP contribution in [0.3, 0.4) is 0 Å². The van der Waals surface area contributed by atoms with Crippen LogP contribution in [0.25, 0.3) is 0 Å². The highest BCUT2D eigenvalue weighted by Gasteiger charge is 2.25. The number of nitrogens with zero attached hydrogens (tertiary/aromatic N) is 2. The molecule has 0 spiro atoms. The van der Waals surface area contributed by atoms with Crippen molar-refractivity contribution in [2.24, 2.45) is 0 Å². The predicted octanol–water partition coefficient (Wildman–Crippen LogP) is 3.40. The fourth-order valence-electron chi connectivity index (χ4n) is 3.45. The molecular weight excluding hydrogens is 300 g/mol. The van der Waals surface area contributed by atoms with Gasteiger partial charge in [-0.3, -0.25) is 4.90 Å². The van der Waals surface area contributed by atoms with Gasteiger partial charge in [0.2, 0.25) is 0 Å². The van der Waals surface area contributed by atoms with Crippen molar-refractivity contribution in [3.63, 3.8) is 0 Å². The van der Waals surface area contributed by atoms with E-state index in [9.17, 15) is 9.90 Å². The molecule has 0 saturated carbocycles. The SMILES string of the molecule is Cc1ccccc1N1CCN(Cc2ccccc2C(=O)O)C(C)C1. The summed E-state index contributed by atoms with van der Waals surface area (Å²) in [5.74, 6) is -0.850. The third-order valence-corrected chi connectivity index (χ3v) is 4.84. The summed E-state index contributed by atoms with van der Waals surface area (Å²) in [6, 6.07) is 16.2. The van der Waals surface area contributed by atoms with Gasteiger partial charge in [0.1, 0.15) is 0 Å². The van der Waals surface area contributed by atoms with Crippen molar-refractivity contribution in [3.05, 3.63) is 65.2 Å². The molecule has 2 aromatic rings. The number of aromatic carboxylic acids is 1. The third kappa shape index (κ3) is 3.44. The zero-order chi connectivity index (χ0) is 17.1. The zero-order valence-corrected chi connectivity index (χ0v) is 14.3. The van der Waals surface area contributed by atoms with Crippen LogP contribution in [0.5, 0.6) is 0 Å². The standard InChI is InChI=1S/C20H24N2O2/c1-15-7-3-6-10-19(15)22-12-11-21(16(2)13-22)14-17-8-4-5-9-18(17)20(23)24/h3-10,16H,11-14H2,1-2H3,(H,23,24). The summed E-state index contributed by atoms with van der Waals surface area (Å²) in [4.78, 5) is 16.2. The van der Waals surface area contributed by atoms with Gasteiger partial charge in [-0.05, 0) is 37.1 Å². The second kappa shape index (κ2) is 7.05. The minimum absolute atomic E-state index is 0.375. The summed E-state index contributed by atoms with van der Waals surface area (Å²) >= 11 is 0. The Kier molecular flexibility index (Phi) is 4.86. The Morgan fingerprint density at radius 3 is 2.54 bits per heavy atom. The number of carbonyl (C=O) groups is 1. The van der Waals surface area contributed by atoms with Crippen molar-refractivity contribution in [2.45, 2.75) is 26.4 Å². The van der Waals surface area contributed by atoms with Crippen LogP contribution < -0.4 is 4.90 Å². The highest BCUT2D eigenvalue weighted by atomic mass is 16.4. The van der Waals surface area contributed by atoms with E-state index in [0.717, 1.165) is 25.2 Å². The van der Waals surface area contributed by atoms with Gasteiger partial charge < -0.3 is 10.0 Å². The van der Waals surface area contributed by atoms with Gasteiger partial charge in [0.05, 0.1) is 5.56 Å². The molecule has 1 aliphatic rings. The van der Waals surface area contributed by atoms with Crippen molar-refractivity contribution < 1.29 is 9.90 Å². The van der Waals surface area contributed by atoms with Crippen LogP contribution >= 0.6 is 0 Å². The van der Waals surface area contributed by atoms with Gasteiger partial charge in [-0.1, -0.05) is 36.4 Å². The lowest BCUT2D eigenvalue weighted by Gasteiger charge is -2.41. The van der Waals surface area contributed by atoms with Crippen LogP contribution in [0.4, 0.5) is 5.69 Å². The van der Waals surface area contributed by atoms with E-state index in [1.165, 1.54) is 11.3 Å². The lowest BCUT2D eigenvalue weighted by atomic mass is 10.0. The number of para-hydroxylation sites is 1. The molecule has 126 valence electrons. The third-order valence-electron chi connectivity index (χ3n) is 4.84. The van der Waals surface area contributed by atoms with Gasteiger partial charge in [0, 0.05) is 37.9 Å². The molecule has 1 atom stereocenters. The van der Waals surface area contributed by atoms with Crippen LogP contribution in [0, 0.1) is 6.92 Å². The molecule has 1 saturated heterocycles. The van der Waals surface area contributed by atoms with E-state index < -0.39 is 5.97 Å². The molecule has 4 heteroatoms. The van der Waals surface area contributed by atoms with Gasteiger partial charge in [-0.15, -0.1) is 0 Å². The first kappa shape index (κ1) is 16.5. The van der Waals surface area contributed by atoms with E-state index in [0.29, 0.717) is 18.2 Å². The van der Waals surface area contributed by atoms with Gasteiger partial charge in [0.15, 0.2) is 0 Å². The first-order chi connectivity index (χ1) is 11.6. The molecule has 4 nitrogen and oxygen atoms in total. The first-order valence-corrected chi connectivity index (χ1v) is 8.42. The van der Waals surface area contributed by atoms with E-state index in [1.54, 1.807) is 12.1 Å². The average Bonchev–Trinajstić information content (AvgIpc) is 2.57. The van der Waals surface area contributed by atoms with Gasteiger partial charge in [-0.25, -0.2) is 4.79 Å². The monoisotopic (exact) mass is 324 g/mol. The number of anilines is 1. The van der Waals surface area contributed by atoms with E-state index in [-0.39, 0.29) is 0 Å². The normalized spacial score (nSPS) is 18.6. The largest absolute Gasteiger partial charge is 0.478 e. The molecule has 1 fully saturated rings. The highest BCUT2D eigenvalue weighted by molar-refractivity contribution is 5.89. The Hall–Kier alpha value is -2.33. The molecule has 3 rings (SSSR count). The fourth-order valence-corrected chi connectivity index (χ4v) is 3.45. The van der Waals surface area contributed by atoms with Gasteiger partial charge >= 0.3 is 5.97 Å². The summed E-state index contributed by atoms with van der Waals surface area (Å²) in [7, 11) is 0. The fraction of sp³-hybridized carbons (Fsp3) is 0.350. The van der Waals surface area contributed by atoms with E-state index in [1.807, 2.05) is 12.1 Å². The molecule has 0 aliphatic carbocycles. The molecule has 1 aliphatic heterocycles. The van der Waals surface area contributed by atoms with Crippen LogP contribution in [-0.2, 0) is 6.54 Å². The van der Waals surface area contributed by atoms with Gasteiger partial charge in [0.25, 0.3) is 0 Å². The lowest BCUT2D eigenvalue weighted by Crippen LogP contribution is -2.51.